The first-order valence-corrected chi connectivity index (χ1v) is 9.65. The molecule has 0 aliphatic carbocycles. The van der Waals surface area contributed by atoms with Gasteiger partial charge in [-0.3, -0.25) is 24.5 Å². The van der Waals surface area contributed by atoms with E-state index in [1.54, 1.807) is 29.2 Å². The number of hydrogen-bond donors (Lipinski definition) is 1. The molecule has 1 N–H and O–H groups in total. The van der Waals surface area contributed by atoms with Gasteiger partial charge in [-0.2, -0.15) is 0 Å². The van der Waals surface area contributed by atoms with E-state index in [9.17, 15) is 24.5 Å². The van der Waals surface area contributed by atoms with Crippen molar-refractivity contribution in [3.63, 3.8) is 0 Å². The third-order valence-electron chi connectivity index (χ3n) is 5.93. The molecule has 154 valence electrons. The molecule has 0 saturated carbocycles. The number of nitrogens with zero attached hydrogens (tertiary/aromatic N) is 3. The number of likely N-dealkylation sites (tertiary alicyclic amines) is 1. The van der Waals surface area contributed by atoms with E-state index in [1.807, 2.05) is 0 Å². The van der Waals surface area contributed by atoms with Crippen LogP contribution in [0.4, 0.5) is 11.4 Å². The summed E-state index contributed by atoms with van der Waals surface area (Å²) in [6.07, 6.45) is 0.828. The summed E-state index contributed by atoms with van der Waals surface area (Å²) in [6.45, 7) is 1.19. The van der Waals surface area contributed by atoms with Gasteiger partial charge < -0.3 is 19.5 Å². The summed E-state index contributed by atoms with van der Waals surface area (Å²) in [5.41, 5.74) is 0.631. The van der Waals surface area contributed by atoms with E-state index in [1.165, 1.54) is 10.6 Å². The highest BCUT2D eigenvalue weighted by atomic mass is 16.6. The third-order valence-corrected chi connectivity index (χ3v) is 5.93. The van der Waals surface area contributed by atoms with Gasteiger partial charge >= 0.3 is 11.2 Å². The van der Waals surface area contributed by atoms with Crippen molar-refractivity contribution in [1.82, 2.24) is 9.47 Å². The van der Waals surface area contributed by atoms with Gasteiger partial charge in [-0.1, -0.05) is 0 Å². The first-order valence-electron chi connectivity index (χ1n) is 9.65. The molecule has 0 spiro atoms. The van der Waals surface area contributed by atoms with Crippen molar-refractivity contribution < 1.29 is 19.2 Å². The Bertz CT molecular complexity index is 1160. The fraction of sp³-hybridized carbons (Fsp3) is 0.350. The van der Waals surface area contributed by atoms with Gasteiger partial charge in [0, 0.05) is 42.9 Å². The monoisotopic (exact) mass is 410 g/mol. The van der Waals surface area contributed by atoms with Crippen LogP contribution in [-0.2, 0) is 11.3 Å². The lowest BCUT2D eigenvalue weighted by atomic mass is 9.83. The SMILES string of the molecule is O=C1COc2ccc(C(=O)N3C[C@H]4C[C@@H](C3)c3ccc([N+](=O)[O-])c(=O)n3C4)cc2N1. The molecule has 0 radical (unpaired) electrons. The van der Waals surface area contributed by atoms with Crippen LogP contribution in [0, 0.1) is 16.0 Å². The fourth-order valence-corrected chi connectivity index (χ4v) is 4.64. The lowest BCUT2D eigenvalue weighted by Crippen LogP contribution is -2.49. The van der Waals surface area contributed by atoms with Gasteiger partial charge in [0.1, 0.15) is 5.75 Å². The zero-order valence-corrected chi connectivity index (χ0v) is 15.9. The van der Waals surface area contributed by atoms with Gasteiger partial charge in [0.2, 0.25) is 0 Å². The minimum Gasteiger partial charge on any atom is -0.482 e. The first-order chi connectivity index (χ1) is 14.4. The highest BCUT2D eigenvalue weighted by Gasteiger charge is 2.38. The quantitative estimate of drug-likeness (QED) is 0.589. The molecule has 2 amide bonds. The summed E-state index contributed by atoms with van der Waals surface area (Å²) in [6, 6.07) is 7.83. The predicted molar refractivity (Wildman–Crippen MR) is 105 cm³/mol. The number of hydrogen-bond acceptors (Lipinski definition) is 6. The molecular weight excluding hydrogens is 392 g/mol. The molecular formula is C20H18N4O6. The summed E-state index contributed by atoms with van der Waals surface area (Å²) >= 11 is 0. The number of pyridine rings is 1. The van der Waals surface area contributed by atoms with Crippen LogP contribution in [0.25, 0.3) is 0 Å². The maximum Gasteiger partial charge on any atom is 0.334 e. The number of piperidine rings is 1. The number of aromatic nitrogens is 1. The molecule has 1 saturated heterocycles. The Morgan fingerprint density at radius 2 is 2.00 bits per heavy atom. The first kappa shape index (κ1) is 18.3. The molecule has 10 nitrogen and oxygen atoms in total. The largest absolute Gasteiger partial charge is 0.482 e. The molecule has 2 aromatic rings. The number of nitrogens with one attached hydrogen (secondary N) is 1. The molecule has 4 heterocycles. The number of benzene rings is 1. The van der Waals surface area contributed by atoms with Gasteiger partial charge in [0.25, 0.3) is 11.8 Å². The van der Waals surface area contributed by atoms with Crippen molar-refractivity contribution in [1.29, 1.82) is 0 Å². The van der Waals surface area contributed by atoms with Gasteiger partial charge in [0.15, 0.2) is 6.61 Å². The summed E-state index contributed by atoms with van der Waals surface area (Å²) in [7, 11) is 0. The molecule has 1 aromatic heterocycles. The molecule has 1 aromatic carbocycles. The maximum absolute atomic E-state index is 13.1. The van der Waals surface area contributed by atoms with E-state index < -0.39 is 16.2 Å². The van der Waals surface area contributed by atoms with Crippen LogP contribution in [0.15, 0.2) is 35.1 Å². The molecule has 3 aliphatic heterocycles. The number of nitro groups is 1. The van der Waals surface area contributed by atoms with E-state index in [0.29, 0.717) is 36.6 Å². The number of amides is 2. The highest BCUT2D eigenvalue weighted by Crippen LogP contribution is 2.36. The highest BCUT2D eigenvalue weighted by molar-refractivity contribution is 6.00. The van der Waals surface area contributed by atoms with Crippen LogP contribution in [0.5, 0.6) is 5.75 Å². The number of ether oxygens (including phenoxy) is 1. The molecule has 10 heteroatoms. The molecule has 2 bridgehead atoms. The second kappa shape index (κ2) is 6.68. The smallest absolute Gasteiger partial charge is 0.334 e. The van der Waals surface area contributed by atoms with Crippen LogP contribution in [0.3, 0.4) is 0 Å². The second-order valence-electron chi connectivity index (χ2n) is 7.87. The Balaban J connectivity index is 1.42. The standard InChI is InChI=1S/C20H18N4O6/c25-18-10-30-17-4-1-12(6-14(17)21-18)19(26)22-7-11-5-13(9-22)15-2-3-16(24(28)29)20(27)23(15)8-11/h1-4,6,11,13H,5,7-10H2,(H,21,25)/t11-,13+/m1/s1. The van der Waals surface area contributed by atoms with Gasteiger partial charge in [-0.25, -0.2) is 0 Å². The molecule has 3 aliphatic rings. The zero-order chi connectivity index (χ0) is 21.0. The lowest BCUT2D eigenvalue weighted by Gasteiger charge is -2.42. The Kier molecular flexibility index (Phi) is 4.09. The van der Waals surface area contributed by atoms with Crippen LogP contribution in [0.1, 0.15) is 28.4 Å². The normalized spacial score (nSPS) is 21.7. The minimum atomic E-state index is -0.658. The van der Waals surface area contributed by atoms with Crippen molar-refractivity contribution in [2.24, 2.45) is 5.92 Å². The zero-order valence-electron chi connectivity index (χ0n) is 15.9. The Morgan fingerprint density at radius 3 is 2.80 bits per heavy atom. The predicted octanol–water partition coefficient (Wildman–Crippen LogP) is 1.35. The van der Waals surface area contributed by atoms with Crippen LogP contribution < -0.4 is 15.6 Å². The molecule has 30 heavy (non-hydrogen) atoms. The van der Waals surface area contributed by atoms with E-state index in [-0.39, 0.29) is 30.3 Å². The Labute approximate surface area is 170 Å². The Hall–Kier alpha value is -3.69. The van der Waals surface area contributed by atoms with Crippen molar-refractivity contribution in [3.8, 4) is 5.75 Å². The van der Waals surface area contributed by atoms with Crippen LogP contribution in [-0.4, -0.2) is 45.9 Å². The summed E-state index contributed by atoms with van der Waals surface area (Å²) < 4.78 is 6.83. The van der Waals surface area contributed by atoms with Crippen LogP contribution in [0.2, 0.25) is 0 Å². The lowest BCUT2D eigenvalue weighted by molar-refractivity contribution is -0.386. The molecule has 1 fully saturated rings. The average Bonchev–Trinajstić information content (AvgIpc) is 2.73. The van der Waals surface area contributed by atoms with Gasteiger partial charge in [-0.15, -0.1) is 0 Å². The molecule has 0 unspecified atom stereocenters. The summed E-state index contributed by atoms with van der Waals surface area (Å²) in [5, 5.41) is 13.8. The van der Waals surface area contributed by atoms with E-state index in [0.717, 1.165) is 12.1 Å². The second-order valence-corrected chi connectivity index (χ2v) is 7.87. The Morgan fingerprint density at radius 1 is 1.17 bits per heavy atom. The fourth-order valence-electron chi connectivity index (χ4n) is 4.64. The number of anilines is 1. The summed E-state index contributed by atoms with van der Waals surface area (Å²) in [4.78, 5) is 49.3. The van der Waals surface area contributed by atoms with Crippen molar-refractivity contribution in [2.75, 3.05) is 25.0 Å². The number of fused-ring (bicyclic) bond motifs is 5. The van der Waals surface area contributed by atoms with Crippen molar-refractivity contribution >= 4 is 23.2 Å². The number of rotatable bonds is 2. The molecule has 5 rings (SSSR count). The van der Waals surface area contributed by atoms with Crippen molar-refractivity contribution in [3.05, 3.63) is 62.1 Å². The maximum atomic E-state index is 13.1. The number of carbonyl (C=O) groups excluding carboxylic acids is 2. The van der Waals surface area contributed by atoms with Gasteiger partial charge in [0.05, 0.1) is 10.6 Å². The molecule has 2 atom stereocenters. The van der Waals surface area contributed by atoms with E-state index in [2.05, 4.69) is 5.32 Å². The number of carbonyl (C=O) groups is 2. The minimum absolute atomic E-state index is 0.0422. The van der Waals surface area contributed by atoms with Crippen molar-refractivity contribution in [2.45, 2.75) is 18.9 Å². The van der Waals surface area contributed by atoms with E-state index in [4.69, 9.17) is 4.74 Å². The topological polar surface area (TPSA) is 124 Å². The summed E-state index contributed by atoms with van der Waals surface area (Å²) in [5.74, 6) is 0.0773. The average molecular weight is 410 g/mol. The third kappa shape index (κ3) is 2.92. The van der Waals surface area contributed by atoms with Gasteiger partial charge in [-0.05, 0) is 36.6 Å². The van der Waals surface area contributed by atoms with E-state index >= 15 is 0 Å². The van der Waals surface area contributed by atoms with Crippen LogP contribution >= 0.6 is 0 Å².